The number of esters is 1. The maximum absolute atomic E-state index is 12.1. The quantitative estimate of drug-likeness (QED) is 0.409. The number of ketones is 1. The van der Waals surface area contributed by atoms with Gasteiger partial charge >= 0.3 is 5.97 Å². The predicted molar refractivity (Wildman–Crippen MR) is 105 cm³/mol. The number of amides is 1. The summed E-state index contributed by atoms with van der Waals surface area (Å²) in [7, 11) is 0. The fourth-order valence-corrected chi connectivity index (χ4v) is 3.30. The summed E-state index contributed by atoms with van der Waals surface area (Å²) in [4.78, 5) is 37.2. The van der Waals surface area contributed by atoms with Gasteiger partial charge in [0.25, 0.3) is 5.91 Å². The van der Waals surface area contributed by atoms with Crippen LogP contribution in [0.2, 0.25) is 0 Å². The normalized spacial score (nSPS) is 11.3. The number of hydrogen-bond acceptors (Lipinski definition) is 7. The first-order valence-corrected chi connectivity index (χ1v) is 10.2. The molecule has 0 radical (unpaired) electrons. The van der Waals surface area contributed by atoms with Crippen LogP contribution in [0.5, 0.6) is 0 Å². The van der Waals surface area contributed by atoms with Crippen molar-refractivity contribution in [1.29, 1.82) is 5.26 Å². The van der Waals surface area contributed by atoms with Crippen molar-refractivity contribution in [3.8, 4) is 6.07 Å². The van der Waals surface area contributed by atoms with E-state index in [0.29, 0.717) is 16.1 Å². The number of carbonyl (C=O) groups excluding carboxylic acids is 3. The summed E-state index contributed by atoms with van der Waals surface area (Å²) < 4.78 is 5.07. The molecule has 1 N–H and O–H groups in total. The molecule has 8 heteroatoms. The molecule has 0 bridgehead atoms. The average molecular weight is 402 g/mol. The maximum Gasteiger partial charge on any atom is 0.307 e. The van der Waals surface area contributed by atoms with Gasteiger partial charge in [-0.05, 0) is 36.8 Å². The smallest absolute Gasteiger partial charge is 0.307 e. The molecule has 2 rings (SSSR count). The Labute approximate surface area is 165 Å². The van der Waals surface area contributed by atoms with E-state index in [9.17, 15) is 14.4 Å². The van der Waals surface area contributed by atoms with Gasteiger partial charge in [-0.3, -0.25) is 14.4 Å². The number of thiophene rings is 1. The lowest BCUT2D eigenvalue weighted by Gasteiger charge is -2.13. The Bertz CT molecular complexity index is 869. The SMILES string of the molecule is CSc1ccc(C(=O)CCC(=O)O[C@H](C)C(=O)Nc2sccc2C#N)cc1. The molecule has 0 saturated heterocycles. The molecule has 0 aliphatic heterocycles. The number of nitrogens with zero attached hydrogens (tertiary/aromatic N) is 1. The Morgan fingerprint density at radius 2 is 1.93 bits per heavy atom. The van der Waals surface area contributed by atoms with Crippen molar-refractivity contribution in [2.24, 2.45) is 0 Å². The van der Waals surface area contributed by atoms with Crippen molar-refractivity contribution in [1.82, 2.24) is 0 Å². The highest BCUT2D eigenvalue weighted by molar-refractivity contribution is 7.98. The molecule has 0 aliphatic carbocycles. The fourth-order valence-electron chi connectivity index (χ4n) is 2.15. The number of carbonyl (C=O) groups is 3. The molecule has 1 amide bonds. The first-order chi connectivity index (χ1) is 12.9. The van der Waals surface area contributed by atoms with Gasteiger partial charge in [0.2, 0.25) is 0 Å². The summed E-state index contributed by atoms with van der Waals surface area (Å²) in [5.41, 5.74) is 0.887. The van der Waals surface area contributed by atoms with Gasteiger partial charge in [0.15, 0.2) is 11.9 Å². The Balaban J connectivity index is 1.81. The zero-order valence-electron chi connectivity index (χ0n) is 14.9. The van der Waals surface area contributed by atoms with E-state index < -0.39 is 18.0 Å². The summed E-state index contributed by atoms with van der Waals surface area (Å²) in [6.07, 6.45) is 0.824. The highest BCUT2D eigenvalue weighted by Crippen LogP contribution is 2.22. The van der Waals surface area contributed by atoms with E-state index in [4.69, 9.17) is 10.00 Å². The molecule has 27 heavy (non-hydrogen) atoms. The van der Waals surface area contributed by atoms with Gasteiger partial charge in [0.05, 0.1) is 12.0 Å². The van der Waals surface area contributed by atoms with Crippen molar-refractivity contribution in [3.63, 3.8) is 0 Å². The van der Waals surface area contributed by atoms with Crippen molar-refractivity contribution in [2.45, 2.75) is 30.8 Å². The van der Waals surface area contributed by atoms with Gasteiger partial charge in [-0.1, -0.05) is 12.1 Å². The molecule has 2 aromatic rings. The molecule has 140 valence electrons. The summed E-state index contributed by atoms with van der Waals surface area (Å²) >= 11 is 2.79. The molecule has 1 heterocycles. The van der Waals surface area contributed by atoms with E-state index in [1.807, 2.05) is 24.5 Å². The van der Waals surface area contributed by atoms with Crippen molar-refractivity contribution in [3.05, 3.63) is 46.8 Å². The number of thioether (sulfide) groups is 1. The predicted octanol–water partition coefficient (Wildman–Crippen LogP) is 3.87. The van der Waals surface area contributed by atoms with Crippen LogP contribution in [0.3, 0.4) is 0 Å². The number of rotatable bonds is 8. The van der Waals surface area contributed by atoms with Gasteiger partial charge in [-0.25, -0.2) is 0 Å². The zero-order chi connectivity index (χ0) is 19.8. The minimum Gasteiger partial charge on any atom is -0.453 e. The van der Waals surface area contributed by atoms with E-state index in [2.05, 4.69) is 5.32 Å². The minimum absolute atomic E-state index is 0.00922. The lowest BCUT2D eigenvalue weighted by molar-refractivity contribution is -0.153. The van der Waals surface area contributed by atoms with Crippen molar-refractivity contribution < 1.29 is 19.1 Å². The van der Waals surface area contributed by atoms with Crippen LogP contribution in [0.1, 0.15) is 35.7 Å². The number of anilines is 1. The van der Waals surface area contributed by atoms with E-state index >= 15 is 0 Å². The second-order valence-electron chi connectivity index (χ2n) is 5.55. The monoisotopic (exact) mass is 402 g/mol. The number of hydrogen-bond donors (Lipinski definition) is 1. The van der Waals surface area contributed by atoms with Crippen LogP contribution in [0.25, 0.3) is 0 Å². The average Bonchev–Trinajstić information content (AvgIpc) is 3.13. The summed E-state index contributed by atoms with van der Waals surface area (Å²) in [6.45, 7) is 1.44. The van der Waals surface area contributed by atoms with Gasteiger partial charge in [-0.2, -0.15) is 5.26 Å². The Kier molecular flexibility index (Phi) is 7.58. The van der Waals surface area contributed by atoms with Gasteiger partial charge in [0.1, 0.15) is 11.1 Å². The van der Waals surface area contributed by atoms with E-state index in [0.717, 1.165) is 4.90 Å². The third-order valence-electron chi connectivity index (χ3n) is 3.67. The summed E-state index contributed by atoms with van der Waals surface area (Å²) in [6, 6.07) is 10.7. The molecule has 1 aromatic carbocycles. The summed E-state index contributed by atoms with van der Waals surface area (Å²) in [5, 5.41) is 13.6. The molecule has 0 unspecified atom stereocenters. The van der Waals surface area contributed by atoms with Crippen LogP contribution >= 0.6 is 23.1 Å². The summed E-state index contributed by atoms with van der Waals surface area (Å²) in [5.74, 6) is -1.31. The lowest BCUT2D eigenvalue weighted by Crippen LogP contribution is -2.30. The Morgan fingerprint density at radius 3 is 2.56 bits per heavy atom. The second kappa shape index (κ2) is 9.90. The van der Waals surface area contributed by atoms with Gasteiger partial charge < -0.3 is 10.1 Å². The van der Waals surface area contributed by atoms with E-state index in [-0.39, 0.29) is 18.6 Å². The minimum atomic E-state index is -1.03. The first-order valence-electron chi connectivity index (χ1n) is 8.09. The first kappa shape index (κ1) is 20.7. The van der Waals surface area contributed by atoms with Crippen LogP contribution in [0, 0.1) is 11.3 Å². The number of nitriles is 1. The largest absolute Gasteiger partial charge is 0.453 e. The maximum atomic E-state index is 12.1. The molecule has 0 fully saturated rings. The molecular weight excluding hydrogens is 384 g/mol. The van der Waals surface area contributed by atoms with Crippen LogP contribution in [-0.2, 0) is 14.3 Å². The number of Topliss-reactive ketones (excluding diaryl/α,β-unsaturated/α-hetero) is 1. The van der Waals surface area contributed by atoms with E-state index in [1.54, 1.807) is 35.3 Å². The molecule has 1 atom stereocenters. The standard InChI is InChI=1S/C19H18N2O4S2/c1-12(18(24)21-19-14(11-20)9-10-27-19)25-17(23)8-7-16(22)13-3-5-15(26-2)6-4-13/h3-6,9-10,12H,7-8H2,1-2H3,(H,21,24)/t12-/m1/s1. The van der Waals surface area contributed by atoms with Gasteiger partial charge in [0, 0.05) is 16.9 Å². The van der Waals surface area contributed by atoms with E-state index in [1.165, 1.54) is 18.3 Å². The molecular formula is C19H18N2O4S2. The number of nitrogens with one attached hydrogen (secondary N) is 1. The van der Waals surface area contributed by atoms with Crippen molar-refractivity contribution in [2.75, 3.05) is 11.6 Å². The fraction of sp³-hybridized carbons (Fsp3) is 0.263. The van der Waals surface area contributed by atoms with Crippen LogP contribution in [0.15, 0.2) is 40.6 Å². The van der Waals surface area contributed by atoms with Crippen molar-refractivity contribution >= 4 is 45.8 Å². The third-order valence-corrected chi connectivity index (χ3v) is 5.24. The van der Waals surface area contributed by atoms with Gasteiger partial charge in [-0.15, -0.1) is 23.1 Å². The third kappa shape index (κ3) is 5.94. The molecule has 6 nitrogen and oxygen atoms in total. The Hall–Kier alpha value is -2.63. The highest BCUT2D eigenvalue weighted by Gasteiger charge is 2.20. The van der Waals surface area contributed by atoms with Crippen LogP contribution in [0.4, 0.5) is 5.00 Å². The molecule has 0 saturated carbocycles. The number of ether oxygens (including phenoxy) is 1. The molecule has 1 aromatic heterocycles. The Morgan fingerprint density at radius 1 is 1.22 bits per heavy atom. The highest BCUT2D eigenvalue weighted by atomic mass is 32.2. The number of benzene rings is 1. The lowest BCUT2D eigenvalue weighted by atomic mass is 10.1. The zero-order valence-corrected chi connectivity index (χ0v) is 16.5. The molecule has 0 spiro atoms. The second-order valence-corrected chi connectivity index (χ2v) is 7.34. The van der Waals surface area contributed by atoms with Crippen LogP contribution < -0.4 is 5.32 Å². The molecule has 0 aliphatic rings. The van der Waals surface area contributed by atoms with Crippen LogP contribution in [-0.4, -0.2) is 30.0 Å². The topological polar surface area (TPSA) is 96.3 Å².